The number of rotatable bonds is 10. The molecule has 0 aliphatic heterocycles. The predicted molar refractivity (Wildman–Crippen MR) is 75.2 cm³/mol. The number of nitrogens with one attached hydrogen (secondary N) is 2. The van der Waals surface area contributed by atoms with Crippen molar-refractivity contribution in [1.29, 1.82) is 0 Å². The lowest BCUT2D eigenvalue weighted by molar-refractivity contribution is 0.163. The third-order valence-electron chi connectivity index (χ3n) is 2.37. The zero-order valence-electron chi connectivity index (χ0n) is 12.2. The smallest absolute Gasteiger partial charge is 0.191 e. The van der Waals surface area contributed by atoms with Crippen molar-refractivity contribution in [3.63, 3.8) is 0 Å². The summed E-state index contributed by atoms with van der Waals surface area (Å²) in [4.78, 5) is 6.69. The van der Waals surface area contributed by atoms with E-state index in [0.29, 0.717) is 6.61 Å². The molecule has 0 aliphatic carbocycles. The second-order valence-corrected chi connectivity index (χ2v) is 3.98. The Morgan fingerprint density at radius 3 is 2.44 bits per heavy atom. The van der Waals surface area contributed by atoms with Crippen LogP contribution in [0.1, 0.15) is 6.92 Å². The van der Waals surface area contributed by atoms with Crippen molar-refractivity contribution in [2.24, 2.45) is 4.99 Å². The van der Waals surface area contributed by atoms with E-state index >= 15 is 0 Å². The lowest BCUT2D eigenvalue weighted by Crippen LogP contribution is -2.39. The van der Waals surface area contributed by atoms with Crippen LogP contribution in [-0.2, 0) is 9.47 Å². The number of likely N-dealkylation sites (N-methyl/N-ethyl adjacent to an activating group) is 1. The summed E-state index contributed by atoms with van der Waals surface area (Å²) in [5.41, 5.74) is 0. The minimum atomic E-state index is 0.679. The highest BCUT2D eigenvalue weighted by Gasteiger charge is 1.98. The molecule has 0 unspecified atom stereocenters. The standard InChI is InChI=1S/C12H28N4O2/c1-5-13-12(15-7-10-17-3)14-6-8-16(2)9-11-18-4/h5-11H2,1-4H3,(H2,13,14,15). The molecule has 0 aromatic rings. The molecular weight excluding hydrogens is 232 g/mol. The second-order valence-electron chi connectivity index (χ2n) is 3.98. The average molecular weight is 260 g/mol. The van der Waals surface area contributed by atoms with Crippen molar-refractivity contribution >= 4 is 5.96 Å². The Labute approximate surface area is 111 Å². The fourth-order valence-corrected chi connectivity index (χ4v) is 1.30. The molecule has 0 saturated carbocycles. The van der Waals surface area contributed by atoms with Crippen LogP contribution in [0.3, 0.4) is 0 Å². The number of hydrogen-bond donors (Lipinski definition) is 2. The molecule has 108 valence electrons. The van der Waals surface area contributed by atoms with Gasteiger partial charge in [0.15, 0.2) is 5.96 Å². The number of nitrogens with zero attached hydrogens (tertiary/aromatic N) is 2. The van der Waals surface area contributed by atoms with Gasteiger partial charge in [-0.3, -0.25) is 4.99 Å². The van der Waals surface area contributed by atoms with E-state index in [9.17, 15) is 0 Å². The summed E-state index contributed by atoms with van der Waals surface area (Å²) in [6.07, 6.45) is 0. The first-order chi connectivity index (χ1) is 8.74. The molecule has 6 nitrogen and oxygen atoms in total. The van der Waals surface area contributed by atoms with Crippen LogP contribution in [0, 0.1) is 0 Å². The van der Waals surface area contributed by atoms with Crippen LogP contribution < -0.4 is 10.6 Å². The van der Waals surface area contributed by atoms with E-state index in [4.69, 9.17) is 9.47 Å². The molecular formula is C12H28N4O2. The third kappa shape index (κ3) is 10.3. The highest BCUT2D eigenvalue weighted by atomic mass is 16.5. The fraction of sp³-hybridized carbons (Fsp3) is 0.917. The van der Waals surface area contributed by atoms with E-state index in [1.807, 2.05) is 0 Å². The van der Waals surface area contributed by atoms with Gasteiger partial charge in [0.2, 0.25) is 0 Å². The van der Waals surface area contributed by atoms with Crippen LogP contribution in [-0.4, -0.2) is 78.1 Å². The van der Waals surface area contributed by atoms with E-state index in [2.05, 4.69) is 34.5 Å². The summed E-state index contributed by atoms with van der Waals surface area (Å²) in [5.74, 6) is 0.842. The molecule has 0 aromatic heterocycles. The highest BCUT2D eigenvalue weighted by Crippen LogP contribution is 1.84. The number of ether oxygens (including phenoxy) is 2. The molecule has 0 saturated heterocycles. The minimum absolute atomic E-state index is 0.679. The van der Waals surface area contributed by atoms with Gasteiger partial charge in [-0.25, -0.2) is 0 Å². The van der Waals surface area contributed by atoms with Crippen molar-refractivity contribution in [3.05, 3.63) is 0 Å². The first-order valence-electron chi connectivity index (χ1n) is 6.43. The summed E-state index contributed by atoms with van der Waals surface area (Å²) >= 11 is 0. The SMILES string of the molecule is CCNC(=NCCN(C)CCOC)NCCOC. The Balaban J connectivity index is 3.83. The molecule has 0 fully saturated rings. The Kier molecular flexibility index (Phi) is 12.0. The number of aliphatic imine (C=N–C) groups is 1. The van der Waals surface area contributed by atoms with Gasteiger partial charge in [-0.1, -0.05) is 0 Å². The van der Waals surface area contributed by atoms with Gasteiger partial charge in [0.25, 0.3) is 0 Å². The van der Waals surface area contributed by atoms with Crippen LogP contribution in [0.25, 0.3) is 0 Å². The topological polar surface area (TPSA) is 58.1 Å². The van der Waals surface area contributed by atoms with Gasteiger partial charge in [0.05, 0.1) is 19.8 Å². The van der Waals surface area contributed by atoms with Gasteiger partial charge in [-0.05, 0) is 14.0 Å². The Morgan fingerprint density at radius 2 is 1.83 bits per heavy atom. The van der Waals surface area contributed by atoms with Crippen LogP contribution in [0.5, 0.6) is 0 Å². The lowest BCUT2D eigenvalue weighted by atomic mass is 10.5. The van der Waals surface area contributed by atoms with Crippen LogP contribution in [0.2, 0.25) is 0 Å². The summed E-state index contributed by atoms with van der Waals surface area (Å²) in [6.45, 7) is 7.73. The number of hydrogen-bond acceptors (Lipinski definition) is 4. The predicted octanol–water partition coefficient (Wildman–Crippen LogP) is -0.234. The first kappa shape index (κ1) is 17.2. The molecule has 0 aromatic carbocycles. The van der Waals surface area contributed by atoms with Crippen molar-refractivity contribution in [1.82, 2.24) is 15.5 Å². The van der Waals surface area contributed by atoms with Crippen LogP contribution in [0.4, 0.5) is 0 Å². The average Bonchev–Trinajstić information content (AvgIpc) is 2.36. The van der Waals surface area contributed by atoms with Gasteiger partial charge in [-0.15, -0.1) is 0 Å². The maximum absolute atomic E-state index is 5.03. The van der Waals surface area contributed by atoms with Gasteiger partial charge in [0, 0.05) is 40.4 Å². The summed E-state index contributed by atoms with van der Waals surface area (Å²) in [7, 11) is 5.48. The molecule has 18 heavy (non-hydrogen) atoms. The maximum Gasteiger partial charge on any atom is 0.191 e. The molecule has 6 heteroatoms. The minimum Gasteiger partial charge on any atom is -0.383 e. The van der Waals surface area contributed by atoms with E-state index in [1.54, 1.807) is 14.2 Å². The number of methoxy groups -OCH3 is 2. The third-order valence-corrected chi connectivity index (χ3v) is 2.37. The van der Waals surface area contributed by atoms with Crippen LogP contribution in [0.15, 0.2) is 4.99 Å². The molecule has 0 aliphatic rings. The van der Waals surface area contributed by atoms with Crippen molar-refractivity contribution in [2.45, 2.75) is 6.92 Å². The normalized spacial score (nSPS) is 11.9. The summed E-state index contributed by atoms with van der Waals surface area (Å²) < 4.78 is 10.0. The lowest BCUT2D eigenvalue weighted by Gasteiger charge is -2.15. The summed E-state index contributed by atoms with van der Waals surface area (Å²) in [6, 6.07) is 0. The molecule has 0 bridgehead atoms. The zero-order chi connectivity index (χ0) is 13.6. The molecule has 2 N–H and O–H groups in total. The van der Waals surface area contributed by atoms with Crippen molar-refractivity contribution < 1.29 is 9.47 Å². The van der Waals surface area contributed by atoms with Crippen LogP contribution >= 0.6 is 0 Å². The molecule has 0 atom stereocenters. The molecule has 0 amide bonds. The van der Waals surface area contributed by atoms with Gasteiger partial charge >= 0.3 is 0 Å². The first-order valence-corrected chi connectivity index (χ1v) is 6.43. The fourth-order valence-electron chi connectivity index (χ4n) is 1.30. The maximum atomic E-state index is 5.03. The number of guanidine groups is 1. The van der Waals surface area contributed by atoms with Crippen molar-refractivity contribution in [3.8, 4) is 0 Å². The molecule has 0 spiro atoms. The molecule has 0 heterocycles. The van der Waals surface area contributed by atoms with E-state index < -0.39 is 0 Å². The quantitative estimate of drug-likeness (QED) is 0.323. The van der Waals surface area contributed by atoms with Gasteiger partial charge < -0.3 is 25.0 Å². The van der Waals surface area contributed by atoms with E-state index in [0.717, 1.165) is 45.3 Å². The molecule has 0 radical (unpaired) electrons. The Morgan fingerprint density at radius 1 is 1.11 bits per heavy atom. The molecule has 0 rings (SSSR count). The monoisotopic (exact) mass is 260 g/mol. The largest absolute Gasteiger partial charge is 0.383 e. The Hall–Kier alpha value is -0.850. The highest BCUT2D eigenvalue weighted by molar-refractivity contribution is 5.79. The van der Waals surface area contributed by atoms with E-state index in [1.165, 1.54) is 0 Å². The Bertz CT molecular complexity index is 212. The van der Waals surface area contributed by atoms with Crippen molar-refractivity contribution in [2.75, 3.05) is 67.2 Å². The van der Waals surface area contributed by atoms with Gasteiger partial charge in [0.1, 0.15) is 0 Å². The summed E-state index contributed by atoms with van der Waals surface area (Å²) in [5, 5.41) is 6.41. The second kappa shape index (κ2) is 12.6. The van der Waals surface area contributed by atoms with Gasteiger partial charge in [-0.2, -0.15) is 0 Å². The van der Waals surface area contributed by atoms with E-state index in [-0.39, 0.29) is 0 Å². The zero-order valence-corrected chi connectivity index (χ0v) is 12.2.